The molecule has 1 amide bonds. The van der Waals surface area contributed by atoms with Crippen LogP contribution in [0.5, 0.6) is 0 Å². The third kappa shape index (κ3) is 6.47. The van der Waals surface area contributed by atoms with Crippen LogP contribution in [-0.2, 0) is 4.79 Å². The minimum absolute atomic E-state index is 0.258. The summed E-state index contributed by atoms with van der Waals surface area (Å²) in [4.78, 5) is 13.1. The van der Waals surface area contributed by atoms with Gasteiger partial charge >= 0.3 is 0 Å². The Labute approximate surface area is 93.0 Å². The second-order valence-corrected chi connectivity index (χ2v) is 4.43. The molecule has 0 aliphatic carbocycles. The maximum absolute atomic E-state index is 11.0. The predicted octanol–water partition coefficient (Wildman–Crippen LogP) is 0.557. The van der Waals surface area contributed by atoms with E-state index < -0.39 is 0 Å². The van der Waals surface area contributed by atoms with Crippen LogP contribution in [-0.4, -0.2) is 36.5 Å². The topological polar surface area (TPSA) is 72.3 Å². The van der Waals surface area contributed by atoms with Gasteiger partial charge in [-0.1, -0.05) is 20.8 Å². The molecule has 0 bridgehead atoms. The summed E-state index contributed by atoms with van der Waals surface area (Å²) in [6, 6.07) is 0.380. The Balaban J connectivity index is 4.35. The van der Waals surface area contributed by atoms with E-state index in [1.807, 2.05) is 0 Å². The van der Waals surface area contributed by atoms with Gasteiger partial charge in [0.1, 0.15) is 0 Å². The number of carbonyl (C=O) groups excluding carboxylic acids is 1. The molecule has 0 aromatic heterocycles. The van der Waals surface area contributed by atoms with Gasteiger partial charge in [-0.15, -0.1) is 0 Å². The van der Waals surface area contributed by atoms with Gasteiger partial charge in [0.25, 0.3) is 0 Å². The maximum Gasteiger partial charge on any atom is 0.231 e. The van der Waals surface area contributed by atoms with Crippen LogP contribution in [0.4, 0.5) is 0 Å². The molecule has 0 saturated carbocycles. The summed E-state index contributed by atoms with van der Waals surface area (Å²) in [5.74, 6) is 0.280. The van der Waals surface area contributed by atoms with Crippen molar-refractivity contribution in [2.45, 2.75) is 39.7 Å². The molecule has 0 rings (SSSR count). The molecule has 0 saturated heterocycles. The summed E-state index contributed by atoms with van der Waals surface area (Å²) in [7, 11) is 0. The van der Waals surface area contributed by atoms with Crippen LogP contribution in [0.15, 0.2) is 0 Å². The molecule has 0 aliphatic rings. The Morgan fingerprint density at radius 1 is 1.40 bits per heavy atom. The second kappa shape index (κ2) is 7.65. The van der Waals surface area contributed by atoms with Crippen molar-refractivity contribution in [1.29, 1.82) is 0 Å². The van der Waals surface area contributed by atoms with Crippen LogP contribution < -0.4 is 11.5 Å². The van der Waals surface area contributed by atoms with Crippen LogP contribution in [0.2, 0.25) is 0 Å². The molecule has 0 aromatic carbocycles. The highest BCUT2D eigenvalue weighted by molar-refractivity contribution is 5.75. The molecule has 0 heterocycles. The van der Waals surface area contributed by atoms with Gasteiger partial charge in [0.2, 0.25) is 5.91 Å². The number of carbonyl (C=O) groups is 1. The fourth-order valence-electron chi connectivity index (χ4n) is 1.85. The van der Waals surface area contributed by atoms with Gasteiger partial charge in [0.05, 0.1) is 6.54 Å². The van der Waals surface area contributed by atoms with E-state index in [1.165, 1.54) is 0 Å². The fraction of sp³-hybridized carbons (Fsp3) is 0.909. The third-order valence-corrected chi connectivity index (χ3v) is 2.45. The van der Waals surface area contributed by atoms with E-state index in [-0.39, 0.29) is 5.91 Å². The SMILES string of the molecule is CCC(CCN)N(CC(N)=O)CC(C)C. The van der Waals surface area contributed by atoms with Crippen molar-refractivity contribution in [1.82, 2.24) is 4.90 Å². The van der Waals surface area contributed by atoms with E-state index in [1.54, 1.807) is 0 Å². The lowest BCUT2D eigenvalue weighted by atomic mass is 10.1. The lowest BCUT2D eigenvalue weighted by molar-refractivity contribution is -0.119. The van der Waals surface area contributed by atoms with Gasteiger partial charge in [-0.3, -0.25) is 9.69 Å². The number of nitrogens with zero attached hydrogens (tertiary/aromatic N) is 1. The largest absolute Gasteiger partial charge is 0.369 e. The van der Waals surface area contributed by atoms with Crippen molar-refractivity contribution in [3.05, 3.63) is 0 Å². The van der Waals surface area contributed by atoms with Crippen LogP contribution in [0.3, 0.4) is 0 Å². The lowest BCUT2D eigenvalue weighted by Crippen LogP contribution is -2.43. The summed E-state index contributed by atoms with van der Waals surface area (Å²) in [5, 5.41) is 0. The van der Waals surface area contributed by atoms with Gasteiger partial charge in [-0.05, 0) is 25.3 Å². The van der Waals surface area contributed by atoms with E-state index in [9.17, 15) is 4.79 Å². The third-order valence-electron chi connectivity index (χ3n) is 2.45. The Hall–Kier alpha value is -0.610. The fourth-order valence-corrected chi connectivity index (χ4v) is 1.85. The van der Waals surface area contributed by atoms with Gasteiger partial charge in [0.15, 0.2) is 0 Å². The van der Waals surface area contributed by atoms with Crippen molar-refractivity contribution >= 4 is 5.91 Å². The van der Waals surface area contributed by atoms with Crippen molar-refractivity contribution in [3.8, 4) is 0 Å². The number of primary amides is 1. The molecular formula is C11H25N3O. The molecule has 1 atom stereocenters. The lowest BCUT2D eigenvalue weighted by Gasteiger charge is -2.31. The Morgan fingerprint density at radius 2 is 2.00 bits per heavy atom. The zero-order valence-electron chi connectivity index (χ0n) is 10.2. The molecule has 90 valence electrons. The highest BCUT2D eigenvalue weighted by Crippen LogP contribution is 2.10. The molecule has 4 heteroatoms. The second-order valence-electron chi connectivity index (χ2n) is 4.43. The Morgan fingerprint density at radius 3 is 2.33 bits per heavy atom. The van der Waals surface area contributed by atoms with E-state index in [4.69, 9.17) is 11.5 Å². The minimum Gasteiger partial charge on any atom is -0.369 e. The molecule has 15 heavy (non-hydrogen) atoms. The van der Waals surface area contributed by atoms with E-state index in [2.05, 4.69) is 25.7 Å². The van der Waals surface area contributed by atoms with Crippen LogP contribution >= 0.6 is 0 Å². The molecule has 0 fully saturated rings. The molecule has 0 aromatic rings. The number of nitrogens with two attached hydrogens (primary N) is 2. The minimum atomic E-state index is -0.258. The highest BCUT2D eigenvalue weighted by atomic mass is 16.1. The first-order valence-corrected chi connectivity index (χ1v) is 5.73. The van der Waals surface area contributed by atoms with E-state index in [0.717, 1.165) is 19.4 Å². The first-order valence-electron chi connectivity index (χ1n) is 5.73. The average Bonchev–Trinajstić information content (AvgIpc) is 2.11. The van der Waals surface area contributed by atoms with Gasteiger partial charge in [-0.2, -0.15) is 0 Å². The number of amides is 1. The first kappa shape index (κ1) is 14.4. The monoisotopic (exact) mass is 215 g/mol. The number of hydrogen-bond acceptors (Lipinski definition) is 3. The molecule has 1 unspecified atom stereocenters. The van der Waals surface area contributed by atoms with Crippen LogP contribution in [0.1, 0.15) is 33.6 Å². The normalized spacial score (nSPS) is 13.5. The Kier molecular flexibility index (Phi) is 7.34. The molecular weight excluding hydrogens is 190 g/mol. The van der Waals surface area contributed by atoms with E-state index in [0.29, 0.717) is 25.0 Å². The smallest absolute Gasteiger partial charge is 0.231 e. The zero-order valence-corrected chi connectivity index (χ0v) is 10.2. The van der Waals surface area contributed by atoms with Crippen molar-refractivity contribution in [2.75, 3.05) is 19.6 Å². The van der Waals surface area contributed by atoms with Gasteiger partial charge in [-0.25, -0.2) is 0 Å². The summed E-state index contributed by atoms with van der Waals surface area (Å²) >= 11 is 0. The number of rotatable bonds is 8. The summed E-state index contributed by atoms with van der Waals surface area (Å²) < 4.78 is 0. The molecule has 0 radical (unpaired) electrons. The van der Waals surface area contributed by atoms with Gasteiger partial charge in [0, 0.05) is 12.6 Å². The summed E-state index contributed by atoms with van der Waals surface area (Å²) in [6.07, 6.45) is 1.94. The van der Waals surface area contributed by atoms with Crippen molar-refractivity contribution in [2.24, 2.45) is 17.4 Å². The summed E-state index contributed by atoms with van der Waals surface area (Å²) in [5.41, 5.74) is 10.8. The van der Waals surface area contributed by atoms with E-state index >= 15 is 0 Å². The predicted molar refractivity (Wildman–Crippen MR) is 63.4 cm³/mol. The number of hydrogen-bond donors (Lipinski definition) is 2. The van der Waals surface area contributed by atoms with Crippen molar-refractivity contribution < 1.29 is 4.79 Å². The van der Waals surface area contributed by atoms with Gasteiger partial charge < -0.3 is 11.5 Å². The van der Waals surface area contributed by atoms with Crippen LogP contribution in [0.25, 0.3) is 0 Å². The average molecular weight is 215 g/mol. The highest BCUT2D eigenvalue weighted by Gasteiger charge is 2.18. The standard InChI is InChI=1S/C11H25N3O/c1-4-10(5-6-12)14(7-9(2)3)8-11(13)15/h9-10H,4-8,12H2,1-3H3,(H2,13,15). The summed E-state index contributed by atoms with van der Waals surface area (Å²) in [6.45, 7) is 8.31. The maximum atomic E-state index is 11.0. The quantitative estimate of drug-likeness (QED) is 0.621. The molecule has 4 nitrogen and oxygen atoms in total. The molecule has 4 N–H and O–H groups in total. The van der Waals surface area contributed by atoms with Crippen molar-refractivity contribution in [3.63, 3.8) is 0 Å². The zero-order chi connectivity index (χ0) is 11.8. The molecule has 0 aliphatic heterocycles. The Bertz CT molecular complexity index is 183. The first-order chi connectivity index (χ1) is 7.01. The molecule has 0 spiro atoms. The van der Waals surface area contributed by atoms with Crippen LogP contribution in [0, 0.1) is 5.92 Å².